The Balaban J connectivity index is 1.91. The van der Waals surface area contributed by atoms with Gasteiger partial charge in [-0.25, -0.2) is 0 Å². The Morgan fingerprint density at radius 2 is 2.11 bits per heavy atom. The molecule has 1 heterocycles. The predicted octanol–water partition coefficient (Wildman–Crippen LogP) is 3.21. The standard InChI is InChI=1S/C16H27N3/c1-3-17-12-15-11-16(9-10-18-15)19(2)13-14-7-5-4-6-8-14/h9-11,14,17H,3-8,12-13H2,1-2H3. The molecular weight excluding hydrogens is 234 g/mol. The lowest BCUT2D eigenvalue weighted by molar-refractivity contribution is 0.362. The van der Waals surface area contributed by atoms with E-state index >= 15 is 0 Å². The number of nitrogens with zero attached hydrogens (tertiary/aromatic N) is 2. The highest BCUT2D eigenvalue weighted by atomic mass is 15.1. The lowest BCUT2D eigenvalue weighted by Gasteiger charge is -2.28. The maximum absolute atomic E-state index is 4.42. The monoisotopic (exact) mass is 261 g/mol. The molecule has 0 unspecified atom stereocenters. The average Bonchev–Trinajstić information content (AvgIpc) is 2.46. The summed E-state index contributed by atoms with van der Waals surface area (Å²) in [4.78, 5) is 6.81. The molecule has 1 aliphatic rings. The molecule has 1 N–H and O–H groups in total. The first-order chi connectivity index (χ1) is 9.29. The summed E-state index contributed by atoms with van der Waals surface area (Å²) >= 11 is 0. The minimum absolute atomic E-state index is 0.863. The van der Waals surface area contributed by atoms with Gasteiger partial charge in [0.05, 0.1) is 5.69 Å². The molecule has 0 spiro atoms. The summed E-state index contributed by atoms with van der Waals surface area (Å²) in [7, 11) is 2.21. The third kappa shape index (κ3) is 4.50. The van der Waals surface area contributed by atoms with Crippen molar-refractivity contribution in [2.24, 2.45) is 5.92 Å². The fourth-order valence-corrected chi connectivity index (χ4v) is 2.92. The van der Waals surface area contributed by atoms with E-state index < -0.39 is 0 Å². The molecule has 0 atom stereocenters. The summed E-state index contributed by atoms with van der Waals surface area (Å²) in [5, 5.41) is 3.33. The minimum atomic E-state index is 0.863. The normalized spacial score (nSPS) is 16.5. The second kappa shape index (κ2) is 7.49. The second-order valence-corrected chi connectivity index (χ2v) is 5.67. The van der Waals surface area contributed by atoms with Crippen molar-refractivity contribution in [1.82, 2.24) is 10.3 Å². The van der Waals surface area contributed by atoms with Crippen LogP contribution in [0, 0.1) is 5.92 Å². The molecular formula is C16H27N3. The zero-order chi connectivity index (χ0) is 13.5. The van der Waals surface area contributed by atoms with Gasteiger partial charge in [-0.2, -0.15) is 0 Å². The van der Waals surface area contributed by atoms with E-state index in [0.717, 1.165) is 24.7 Å². The number of pyridine rings is 1. The molecule has 1 fully saturated rings. The Hall–Kier alpha value is -1.09. The first-order valence-corrected chi connectivity index (χ1v) is 7.66. The third-order valence-corrected chi connectivity index (χ3v) is 4.05. The van der Waals surface area contributed by atoms with Crippen molar-refractivity contribution in [2.75, 3.05) is 25.0 Å². The van der Waals surface area contributed by atoms with Crippen LogP contribution in [0.1, 0.15) is 44.7 Å². The molecule has 3 nitrogen and oxygen atoms in total. The highest BCUT2D eigenvalue weighted by molar-refractivity contribution is 5.45. The fourth-order valence-electron chi connectivity index (χ4n) is 2.92. The van der Waals surface area contributed by atoms with Gasteiger partial charge in [-0.1, -0.05) is 26.2 Å². The maximum Gasteiger partial charge on any atom is 0.0562 e. The third-order valence-electron chi connectivity index (χ3n) is 4.05. The van der Waals surface area contributed by atoms with Crippen molar-refractivity contribution in [3.63, 3.8) is 0 Å². The molecule has 0 aromatic carbocycles. The van der Waals surface area contributed by atoms with Gasteiger partial charge in [0.1, 0.15) is 0 Å². The van der Waals surface area contributed by atoms with Gasteiger partial charge in [-0.3, -0.25) is 4.98 Å². The quantitative estimate of drug-likeness (QED) is 0.852. The van der Waals surface area contributed by atoms with E-state index in [1.807, 2.05) is 6.20 Å². The molecule has 0 radical (unpaired) electrons. The van der Waals surface area contributed by atoms with Crippen molar-refractivity contribution in [3.05, 3.63) is 24.0 Å². The molecule has 19 heavy (non-hydrogen) atoms. The summed E-state index contributed by atoms with van der Waals surface area (Å²) in [5.74, 6) is 0.879. The van der Waals surface area contributed by atoms with Gasteiger partial charge in [-0.15, -0.1) is 0 Å². The number of rotatable bonds is 6. The molecule has 2 rings (SSSR count). The average molecular weight is 261 g/mol. The lowest BCUT2D eigenvalue weighted by atomic mass is 9.89. The zero-order valence-electron chi connectivity index (χ0n) is 12.4. The van der Waals surface area contributed by atoms with E-state index in [1.54, 1.807) is 0 Å². The van der Waals surface area contributed by atoms with Crippen LogP contribution in [0.2, 0.25) is 0 Å². The van der Waals surface area contributed by atoms with Crippen LogP contribution in [0.15, 0.2) is 18.3 Å². The van der Waals surface area contributed by atoms with Gasteiger partial charge in [-0.05, 0) is 37.4 Å². The van der Waals surface area contributed by atoms with Crippen LogP contribution >= 0.6 is 0 Å². The van der Waals surface area contributed by atoms with E-state index in [9.17, 15) is 0 Å². The number of hydrogen-bond donors (Lipinski definition) is 1. The summed E-state index contributed by atoms with van der Waals surface area (Å²) < 4.78 is 0. The fraction of sp³-hybridized carbons (Fsp3) is 0.688. The van der Waals surface area contributed by atoms with Crippen LogP contribution in [0.25, 0.3) is 0 Å². The van der Waals surface area contributed by atoms with Crippen molar-refractivity contribution < 1.29 is 0 Å². The summed E-state index contributed by atoms with van der Waals surface area (Å²) in [6, 6.07) is 4.34. The molecule has 0 aliphatic heterocycles. The van der Waals surface area contributed by atoms with Crippen LogP contribution in [0.5, 0.6) is 0 Å². The summed E-state index contributed by atoms with van der Waals surface area (Å²) in [5.41, 5.74) is 2.43. The molecule has 1 aliphatic carbocycles. The van der Waals surface area contributed by atoms with Crippen molar-refractivity contribution in [1.29, 1.82) is 0 Å². The van der Waals surface area contributed by atoms with E-state index in [-0.39, 0.29) is 0 Å². The molecule has 106 valence electrons. The van der Waals surface area contributed by atoms with E-state index in [4.69, 9.17) is 0 Å². The number of hydrogen-bond acceptors (Lipinski definition) is 3. The molecule has 1 aromatic rings. The Morgan fingerprint density at radius 1 is 1.32 bits per heavy atom. The summed E-state index contributed by atoms with van der Waals surface area (Å²) in [6.45, 7) is 5.16. The SMILES string of the molecule is CCNCc1cc(N(C)CC2CCCCC2)ccn1. The van der Waals surface area contributed by atoms with Crippen LogP contribution in [0.4, 0.5) is 5.69 Å². The first-order valence-electron chi connectivity index (χ1n) is 7.66. The molecule has 1 saturated carbocycles. The largest absolute Gasteiger partial charge is 0.374 e. The van der Waals surface area contributed by atoms with Gasteiger partial charge >= 0.3 is 0 Å². The van der Waals surface area contributed by atoms with Crippen LogP contribution in [-0.4, -0.2) is 25.1 Å². The molecule has 3 heteroatoms. The van der Waals surface area contributed by atoms with E-state index in [1.165, 1.54) is 44.3 Å². The van der Waals surface area contributed by atoms with E-state index in [2.05, 4.69) is 41.3 Å². The van der Waals surface area contributed by atoms with Crippen molar-refractivity contribution >= 4 is 5.69 Å². The Labute approximate surface area is 117 Å². The minimum Gasteiger partial charge on any atom is -0.374 e. The Morgan fingerprint density at radius 3 is 2.84 bits per heavy atom. The maximum atomic E-state index is 4.42. The topological polar surface area (TPSA) is 28.2 Å². The Bertz CT molecular complexity index is 372. The second-order valence-electron chi connectivity index (χ2n) is 5.67. The number of nitrogens with one attached hydrogen (secondary N) is 1. The van der Waals surface area contributed by atoms with Crippen molar-refractivity contribution in [2.45, 2.75) is 45.6 Å². The predicted molar refractivity (Wildman–Crippen MR) is 81.5 cm³/mol. The van der Waals surface area contributed by atoms with Crippen LogP contribution in [0.3, 0.4) is 0 Å². The molecule has 0 amide bonds. The number of anilines is 1. The van der Waals surface area contributed by atoms with Gasteiger partial charge in [0.25, 0.3) is 0 Å². The number of aromatic nitrogens is 1. The van der Waals surface area contributed by atoms with Gasteiger partial charge in [0.15, 0.2) is 0 Å². The van der Waals surface area contributed by atoms with Crippen molar-refractivity contribution in [3.8, 4) is 0 Å². The van der Waals surface area contributed by atoms with Crippen LogP contribution < -0.4 is 10.2 Å². The molecule has 0 bridgehead atoms. The van der Waals surface area contributed by atoms with Gasteiger partial charge in [0, 0.05) is 32.0 Å². The van der Waals surface area contributed by atoms with Gasteiger partial charge in [0.2, 0.25) is 0 Å². The molecule has 1 aromatic heterocycles. The Kier molecular flexibility index (Phi) is 5.64. The molecule has 0 saturated heterocycles. The first kappa shape index (κ1) is 14.3. The summed E-state index contributed by atoms with van der Waals surface area (Å²) in [6.07, 6.45) is 9.00. The smallest absolute Gasteiger partial charge is 0.0562 e. The van der Waals surface area contributed by atoms with Crippen LogP contribution in [-0.2, 0) is 6.54 Å². The highest BCUT2D eigenvalue weighted by Crippen LogP contribution is 2.25. The lowest BCUT2D eigenvalue weighted by Crippen LogP contribution is -2.27. The van der Waals surface area contributed by atoms with E-state index in [0.29, 0.717) is 0 Å². The highest BCUT2D eigenvalue weighted by Gasteiger charge is 2.15. The van der Waals surface area contributed by atoms with Gasteiger partial charge < -0.3 is 10.2 Å². The zero-order valence-corrected chi connectivity index (χ0v) is 12.4.